The van der Waals surface area contributed by atoms with Crippen molar-refractivity contribution in [2.45, 2.75) is 11.2 Å². The zero-order valence-electron chi connectivity index (χ0n) is 23.5. The van der Waals surface area contributed by atoms with Gasteiger partial charge in [0.2, 0.25) is 0 Å². The zero-order valence-corrected chi connectivity index (χ0v) is 23.5. The molecule has 10 rings (SSSR count). The molecular formula is C38H24N4O2. The Bertz CT molecular complexity index is 2020. The molecular weight excluding hydrogens is 544 g/mol. The Hall–Kier alpha value is -5.56. The second-order valence-corrected chi connectivity index (χ2v) is 11.1. The van der Waals surface area contributed by atoms with Gasteiger partial charge in [-0.25, -0.2) is 9.78 Å². The largest absolute Gasteiger partial charge is 0.265 e. The molecule has 3 aromatic carbocycles. The first-order chi connectivity index (χ1) is 21.8. The predicted molar refractivity (Wildman–Crippen MR) is 167 cm³/mol. The Kier molecular flexibility index (Phi) is 5.38. The first-order valence-electron chi connectivity index (χ1n) is 14.5. The molecule has 0 amide bonds. The first-order valence-corrected chi connectivity index (χ1v) is 14.5. The van der Waals surface area contributed by atoms with Crippen molar-refractivity contribution in [2.24, 2.45) is 0 Å². The summed E-state index contributed by atoms with van der Waals surface area (Å²) < 4.78 is 0. The van der Waals surface area contributed by atoms with E-state index in [0.717, 1.165) is 66.4 Å². The highest BCUT2D eigenvalue weighted by atomic mass is 17.2. The molecule has 0 spiro atoms. The molecule has 0 saturated carbocycles. The maximum Gasteiger partial charge on any atom is 0.180 e. The van der Waals surface area contributed by atoms with Crippen molar-refractivity contribution in [1.29, 1.82) is 0 Å². The van der Waals surface area contributed by atoms with E-state index in [9.17, 15) is 0 Å². The lowest BCUT2D eigenvalue weighted by atomic mass is 9.59. The van der Waals surface area contributed by atoms with E-state index in [1.807, 2.05) is 73.8 Å². The van der Waals surface area contributed by atoms with Gasteiger partial charge in [0.05, 0.1) is 0 Å². The van der Waals surface area contributed by atoms with Crippen LogP contribution < -0.4 is 0 Å². The van der Waals surface area contributed by atoms with E-state index in [-0.39, 0.29) is 0 Å². The summed E-state index contributed by atoms with van der Waals surface area (Å²) in [6.45, 7) is 0. The highest BCUT2D eigenvalue weighted by Crippen LogP contribution is 2.65. The molecule has 3 aliphatic rings. The van der Waals surface area contributed by atoms with Crippen LogP contribution in [0.4, 0.5) is 0 Å². The highest BCUT2D eigenvalue weighted by Gasteiger charge is 2.63. The summed E-state index contributed by atoms with van der Waals surface area (Å²) in [5.74, 6) is 0. The maximum atomic E-state index is 6.89. The van der Waals surface area contributed by atoms with Gasteiger partial charge in [-0.1, -0.05) is 48.5 Å². The van der Waals surface area contributed by atoms with Gasteiger partial charge in [-0.2, -0.15) is 0 Å². The van der Waals surface area contributed by atoms with Gasteiger partial charge in [0, 0.05) is 71.8 Å². The van der Waals surface area contributed by atoms with Crippen molar-refractivity contribution >= 4 is 10.8 Å². The van der Waals surface area contributed by atoms with Gasteiger partial charge in [0.15, 0.2) is 11.2 Å². The SMILES string of the molecule is c1ccc2c(c1)[C@@]1(c3ccncc3)OO[C@]2(c2ccncc2)c2c1c(-c1ccncc1)c1ccccc1c2-c1ccncc1. The van der Waals surface area contributed by atoms with Gasteiger partial charge in [-0.05, 0) is 92.7 Å². The van der Waals surface area contributed by atoms with Crippen LogP contribution in [0.15, 0.2) is 147 Å². The fourth-order valence-corrected chi connectivity index (χ4v) is 7.31. The van der Waals surface area contributed by atoms with Crippen LogP contribution in [0, 0.1) is 0 Å². The van der Waals surface area contributed by atoms with Crippen LogP contribution in [-0.4, -0.2) is 19.9 Å². The normalized spacial score (nSPS) is 19.8. The third-order valence-electron chi connectivity index (χ3n) is 9.01. The molecule has 4 aromatic heterocycles. The van der Waals surface area contributed by atoms with Gasteiger partial charge in [0.25, 0.3) is 0 Å². The minimum atomic E-state index is -1.10. The number of benzene rings is 3. The van der Waals surface area contributed by atoms with Crippen LogP contribution in [0.2, 0.25) is 0 Å². The second-order valence-electron chi connectivity index (χ2n) is 11.1. The van der Waals surface area contributed by atoms with Gasteiger partial charge in [-0.15, -0.1) is 0 Å². The summed E-state index contributed by atoms with van der Waals surface area (Å²) in [4.78, 5) is 31.3. The smallest absolute Gasteiger partial charge is 0.180 e. The molecule has 1 aliphatic carbocycles. The molecule has 0 radical (unpaired) electrons. The molecule has 0 N–H and O–H groups in total. The van der Waals surface area contributed by atoms with E-state index < -0.39 is 11.2 Å². The molecule has 0 unspecified atom stereocenters. The number of pyridine rings is 4. The van der Waals surface area contributed by atoms with Crippen molar-refractivity contribution in [3.63, 3.8) is 0 Å². The quantitative estimate of drug-likeness (QED) is 0.204. The minimum Gasteiger partial charge on any atom is -0.265 e. The first kappa shape index (κ1) is 25.0. The van der Waals surface area contributed by atoms with Crippen molar-refractivity contribution in [3.05, 3.63) is 180 Å². The molecule has 6 nitrogen and oxygen atoms in total. The van der Waals surface area contributed by atoms with E-state index in [0.29, 0.717) is 0 Å². The summed E-state index contributed by atoms with van der Waals surface area (Å²) in [6.07, 6.45) is 14.6. The molecule has 0 fully saturated rings. The van der Waals surface area contributed by atoms with E-state index >= 15 is 0 Å². The lowest BCUT2D eigenvalue weighted by Crippen LogP contribution is -2.54. The molecule has 2 aliphatic heterocycles. The molecule has 7 aromatic rings. The lowest BCUT2D eigenvalue weighted by molar-refractivity contribution is -0.409. The van der Waals surface area contributed by atoms with E-state index in [4.69, 9.17) is 9.78 Å². The summed E-state index contributed by atoms with van der Waals surface area (Å²) >= 11 is 0. The Morgan fingerprint density at radius 1 is 0.386 bits per heavy atom. The Labute approximate surface area is 253 Å². The third kappa shape index (κ3) is 3.21. The van der Waals surface area contributed by atoms with Crippen LogP contribution in [0.3, 0.4) is 0 Å². The van der Waals surface area contributed by atoms with Crippen LogP contribution in [-0.2, 0) is 21.0 Å². The number of nitrogens with zero attached hydrogens (tertiary/aromatic N) is 4. The van der Waals surface area contributed by atoms with Gasteiger partial charge in [0.1, 0.15) is 0 Å². The number of rotatable bonds is 4. The summed E-state index contributed by atoms with van der Waals surface area (Å²) in [6, 6.07) is 33.4. The maximum absolute atomic E-state index is 6.89. The molecule has 6 heteroatoms. The summed E-state index contributed by atoms with van der Waals surface area (Å²) in [5, 5.41) is 2.22. The molecule has 2 atom stereocenters. The van der Waals surface area contributed by atoms with Gasteiger partial charge in [-0.3, -0.25) is 19.9 Å². The third-order valence-corrected chi connectivity index (χ3v) is 9.01. The van der Waals surface area contributed by atoms with E-state index in [1.54, 1.807) is 0 Å². The van der Waals surface area contributed by atoms with Gasteiger partial charge < -0.3 is 0 Å². The van der Waals surface area contributed by atoms with Crippen LogP contribution in [0.5, 0.6) is 0 Å². The number of aromatic nitrogens is 4. The fourth-order valence-electron chi connectivity index (χ4n) is 7.31. The Morgan fingerprint density at radius 3 is 1.11 bits per heavy atom. The van der Waals surface area contributed by atoms with Crippen molar-refractivity contribution < 1.29 is 9.78 Å². The van der Waals surface area contributed by atoms with Crippen LogP contribution in [0.25, 0.3) is 33.0 Å². The number of hydrogen-bond acceptors (Lipinski definition) is 6. The highest BCUT2D eigenvalue weighted by molar-refractivity contribution is 6.10. The zero-order chi connectivity index (χ0) is 29.1. The summed E-state index contributed by atoms with van der Waals surface area (Å²) in [7, 11) is 0. The minimum absolute atomic E-state index is 0.926. The lowest BCUT2D eigenvalue weighted by Gasteiger charge is -2.55. The molecule has 0 saturated heterocycles. The average Bonchev–Trinajstić information content (AvgIpc) is 3.12. The standard InChI is InChI=1S/C38H24N4O2/c1-2-6-30-29(5-1)33(25-9-17-39-18-10-25)35-36(34(30)26-11-19-40-20-12-26)38(28-15-23-42-24-16-28)32-8-4-3-7-31(32)37(35,43-44-38)27-13-21-41-22-14-27/h1-24H/t37-,38+. The molecule has 44 heavy (non-hydrogen) atoms. The van der Waals surface area contributed by atoms with Crippen LogP contribution in [0.1, 0.15) is 33.4 Å². The molecule has 6 heterocycles. The number of hydrogen-bond donors (Lipinski definition) is 0. The van der Waals surface area contributed by atoms with E-state index in [2.05, 4.69) is 92.7 Å². The predicted octanol–water partition coefficient (Wildman–Crippen LogP) is 7.61. The van der Waals surface area contributed by atoms with E-state index in [1.165, 1.54) is 0 Å². The molecule has 2 bridgehead atoms. The van der Waals surface area contributed by atoms with Gasteiger partial charge >= 0.3 is 0 Å². The topological polar surface area (TPSA) is 70.0 Å². The van der Waals surface area contributed by atoms with Crippen molar-refractivity contribution in [2.75, 3.05) is 0 Å². The summed E-state index contributed by atoms with van der Waals surface area (Å²) in [5.41, 5.74) is 7.98. The Morgan fingerprint density at radius 2 is 0.727 bits per heavy atom. The second kappa shape index (κ2) is 9.47. The van der Waals surface area contributed by atoms with Crippen molar-refractivity contribution in [1.82, 2.24) is 19.9 Å². The van der Waals surface area contributed by atoms with Crippen LogP contribution >= 0.6 is 0 Å². The average molecular weight is 569 g/mol. The number of fused-ring (bicyclic) bond motifs is 2. The monoisotopic (exact) mass is 568 g/mol. The van der Waals surface area contributed by atoms with Crippen molar-refractivity contribution in [3.8, 4) is 22.3 Å². The molecule has 208 valence electrons. The Balaban J connectivity index is 1.61. The fraction of sp³-hybridized carbons (Fsp3) is 0.0526.